The van der Waals surface area contributed by atoms with Gasteiger partial charge in [-0.1, -0.05) is 30.7 Å². The Bertz CT molecular complexity index is 1590. The molecule has 0 unspecified atom stereocenters. The number of unbranched alkanes of at least 4 members (excludes halogenated alkanes) is 2. The molecule has 0 atom stereocenters. The minimum Gasteiger partial charge on any atom is -0.466 e. The SMILES string of the molecule is CCOC(=O)CCCCC/N=c1/cc2oc3cc(N(C)C)ccc3nc-2c2cc3ccccc3cc12. The summed E-state index contributed by atoms with van der Waals surface area (Å²) < 4.78 is 11.4. The van der Waals surface area contributed by atoms with Crippen molar-refractivity contribution in [3.05, 3.63) is 66.0 Å². The third-order valence-electron chi connectivity index (χ3n) is 6.46. The van der Waals surface area contributed by atoms with Crippen LogP contribution in [0, 0.1) is 0 Å². The third kappa shape index (κ3) is 4.89. The molecule has 2 aliphatic rings. The first-order valence-electron chi connectivity index (χ1n) is 12.6. The lowest BCUT2D eigenvalue weighted by Gasteiger charge is -2.15. The number of esters is 1. The predicted molar refractivity (Wildman–Crippen MR) is 146 cm³/mol. The second-order valence-corrected chi connectivity index (χ2v) is 9.25. The smallest absolute Gasteiger partial charge is 0.305 e. The van der Waals surface area contributed by atoms with E-state index in [-0.39, 0.29) is 5.97 Å². The molecule has 0 fully saturated rings. The molecule has 6 heteroatoms. The number of rotatable bonds is 8. The van der Waals surface area contributed by atoms with Crippen LogP contribution in [0.2, 0.25) is 0 Å². The highest BCUT2D eigenvalue weighted by atomic mass is 16.5. The van der Waals surface area contributed by atoms with Gasteiger partial charge in [-0.25, -0.2) is 4.98 Å². The normalized spacial score (nSPS) is 12.1. The Labute approximate surface area is 210 Å². The van der Waals surface area contributed by atoms with Crippen molar-refractivity contribution < 1.29 is 13.9 Å². The molecule has 0 amide bonds. The number of fused-ring (bicyclic) bond motifs is 5. The van der Waals surface area contributed by atoms with E-state index in [1.165, 1.54) is 5.39 Å². The first-order chi connectivity index (χ1) is 17.5. The summed E-state index contributed by atoms with van der Waals surface area (Å²) in [5.41, 5.74) is 3.48. The molecule has 0 saturated heterocycles. The van der Waals surface area contributed by atoms with Gasteiger partial charge in [-0.05, 0) is 54.8 Å². The third-order valence-corrected chi connectivity index (χ3v) is 6.46. The largest absolute Gasteiger partial charge is 0.466 e. The highest BCUT2D eigenvalue weighted by Crippen LogP contribution is 2.33. The van der Waals surface area contributed by atoms with E-state index < -0.39 is 0 Å². The molecular formula is C30H31N3O3. The maximum Gasteiger partial charge on any atom is 0.305 e. The summed E-state index contributed by atoms with van der Waals surface area (Å²) in [6.45, 7) is 2.95. The number of benzene rings is 4. The second kappa shape index (κ2) is 10.4. The van der Waals surface area contributed by atoms with Crippen LogP contribution in [0.3, 0.4) is 0 Å². The fraction of sp³-hybridized carbons (Fsp3) is 0.300. The molecule has 0 saturated carbocycles. The standard InChI is InChI=1S/C30H31N3O3/c1-4-35-29(34)12-6-5-9-15-31-26-19-28-30(24-17-21-11-8-7-10-20(21)16-23(24)26)32-25-14-13-22(33(2)3)18-27(25)36-28/h7-8,10-11,13-14,16-19H,4-6,9,12,15H2,1-3H3/b31-26-. The Balaban J connectivity index is 1.57. The summed E-state index contributed by atoms with van der Waals surface area (Å²) in [6.07, 6.45) is 3.12. The summed E-state index contributed by atoms with van der Waals surface area (Å²) >= 11 is 0. The van der Waals surface area contributed by atoms with Gasteiger partial charge in [0.15, 0.2) is 11.3 Å². The fourth-order valence-corrected chi connectivity index (χ4v) is 4.56. The number of anilines is 1. The maximum absolute atomic E-state index is 11.6. The van der Waals surface area contributed by atoms with Gasteiger partial charge in [-0.2, -0.15) is 0 Å². The fourth-order valence-electron chi connectivity index (χ4n) is 4.56. The zero-order chi connectivity index (χ0) is 25.1. The Kier molecular flexibility index (Phi) is 6.85. The van der Waals surface area contributed by atoms with Crippen molar-refractivity contribution in [1.29, 1.82) is 0 Å². The van der Waals surface area contributed by atoms with Crippen LogP contribution in [-0.2, 0) is 9.53 Å². The van der Waals surface area contributed by atoms with Crippen LogP contribution in [-0.4, -0.2) is 38.2 Å². The molecule has 36 heavy (non-hydrogen) atoms. The van der Waals surface area contributed by atoms with E-state index in [9.17, 15) is 4.79 Å². The van der Waals surface area contributed by atoms with E-state index in [1.807, 2.05) is 44.1 Å². The van der Waals surface area contributed by atoms with Crippen LogP contribution >= 0.6 is 0 Å². The van der Waals surface area contributed by atoms with E-state index in [2.05, 4.69) is 42.5 Å². The number of aromatic nitrogens is 1. The summed E-state index contributed by atoms with van der Waals surface area (Å²) in [7, 11) is 4.02. The van der Waals surface area contributed by atoms with Gasteiger partial charge in [-0.3, -0.25) is 9.79 Å². The number of hydrogen-bond donors (Lipinski definition) is 0. The van der Waals surface area contributed by atoms with Crippen LogP contribution in [0.25, 0.3) is 44.1 Å². The molecule has 3 aromatic carbocycles. The lowest BCUT2D eigenvalue weighted by Crippen LogP contribution is -2.09. The van der Waals surface area contributed by atoms with Crippen molar-refractivity contribution in [3.8, 4) is 11.5 Å². The van der Waals surface area contributed by atoms with Crippen molar-refractivity contribution in [1.82, 2.24) is 4.98 Å². The van der Waals surface area contributed by atoms with Crippen LogP contribution in [0.15, 0.2) is 70.1 Å². The van der Waals surface area contributed by atoms with Crippen molar-refractivity contribution in [2.75, 3.05) is 32.1 Å². The number of nitrogens with zero attached hydrogens (tertiary/aromatic N) is 3. The van der Waals surface area contributed by atoms with Gasteiger partial charge in [0.1, 0.15) is 11.2 Å². The molecule has 3 aromatic rings. The van der Waals surface area contributed by atoms with Gasteiger partial charge >= 0.3 is 5.97 Å². The minimum absolute atomic E-state index is 0.124. The molecule has 0 N–H and O–H groups in total. The summed E-state index contributed by atoms with van der Waals surface area (Å²) in [5, 5.41) is 5.34. The predicted octanol–water partition coefficient (Wildman–Crippen LogP) is 6.33. The lowest BCUT2D eigenvalue weighted by atomic mass is 9.99. The molecule has 1 aliphatic carbocycles. The molecular weight excluding hydrogens is 450 g/mol. The van der Waals surface area contributed by atoms with Gasteiger partial charge in [0.2, 0.25) is 0 Å². The quantitative estimate of drug-likeness (QED) is 0.112. The van der Waals surface area contributed by atoms with E-state index in [1.54, 1.807) is 0 Å². The van der Waals surface area contributed by atoms with Crippen molar-refractivity contribution >= 4 is 44.3 Å². The number of carbonyl (C=O) groups excluding carboxylic acids is 1. The highest BCUT2D eigenvalue weighted by molar-refractivity contribution is 6.04. The average molecular weight is 482 g/mol. The minimum atomic E-state index is -0.124. The van der Waals surface area contributed by atoms with Crippen molar-refractivity contribution in [3.63, 3.8) is 0 Å². The molecule has 1 heterocycles. The zero-order valence-corrected chi connectivity index (χ0v) is 21.1. The van der Waals surface area contributed by atoms with Gasteiger partial charge in [0, 0.05) is 55.7 Å². The summed E-state index contributed by atoms with van der Waals surface area (Å²) in [5.74, 6) is 0.600. The van der Waals surface area contributed by atoms with Crippen LogP contribution in [0.4, 0.5) is 5.69 Å². The van der Waals surface area contributed by atoms with E-state index in [0.29, 0.717) is 19.6 Å². The Morgan fingerprint density at radius 1 is 0.972 bits per heavy atom. The molecule has 184 valence electrons. The Morgan fingerprint density at radius 2 is 1.75 bits per heavy atom. The van der Waals surface area contributed by atoms with Crippen molar-refractivity contribution in [2.45, 2.75) is 32.6 Å². The van der Waals surface area contributed by atoms with Crippen LogP contribution in [0.1, 0.15) is 32.6 Å². The first-order valence-corrected chi connectivity index (χ1v) is 12.6. The Morgan fingerprint density at radius 3 is 2.50 bits per heavy atom. The van der Waals surface area contributed by atoms with Crippen LogP contribution < -0.4 is 10.3 Å². The molecule has 0 aromatic heterocycles. The number of carbonyl (C=O) groups is 1. The second-order valence-electron chi connectivity index (χ2n) is 9.25. The molecule has 0 bridgehead atoms. The molecule has 1 aliphatic heterocycles. The lowest BCUT2D eigenvalue weighted by molar-refractivity contribution is -0.143. The number of ether oxygens (including phenoxy) is 1. The van der Waals surface area contributed by atoms with Gasteiger partial charge in [0.05, 0.1) is 12.0 Å². The van der Waals surface area contributed by atoms with E-state index >= 15 is 0 Å². The number of hydrogen-bond acceptors (Lipinski definition) is 6. The van der Waals surface area contributed by atoms with Gasteiger partial charge in [0.25, 0.3) is 0 Å². The average Bonchev–Trinajstić information content (AvgIpc) is 2.88. The zero-order valence-electron chi connectivity index (χ0n) is 21.1. The van der Waals surface area contributed by atoms with E-state index in [0.717, 1.165) is 69.0 Å². The first kappa shape index (κ1) is 23.8. The van der Waals surface area contributed by atoms with Gasteiger partial charge < -0.3 is 14.1 Å². The summed E-state index contributed by atoms with van der Waals surface area (Å²) in [6, 6.07) is 20.8. The molecule has 5 rings (SSSR count). The monoisotopic (exact) mass is 481 g/mol. The molecule has 0 spiro atoms. The maximum atomic E-state index is 11.6. The molecule has 0 radical (unpaired) electrons. The Hall–Kier alpha value is -3.93. The highest BCUT2D eigenvalue weighted by Gasteiger charge is 2.16. The molecule has 6 nitrogen and oxygen atoms in total. The van der Waals surface area contributed by atoms with E-state index in [4.69, 9.17) is 19.1 Å². The topological polar surface area (TPSA) is 67.9 Å². The van der Waals surface area contributed by atoms with Crippen LogP contribution in [0.5, 0.6) is 0 Å². The van der Waals surface area contributed by atoms with Gasteiger partial charge in [-0.15, -0.1) is 0 Å². The summed E-state index contributed by atoms with van der Waals surface area (Å²) in [4.78, 5) is 23.6. The van der Waals surface area contributed by atoms with Crippen molar-refractivity contribution in [2.24, 2.45) is 4.99 Å².